The molecular formula is C14H18F2N2O. The van der Waals surface area contributed by atoms with Crippen LogP contribution in [0.1, 0.15) is 41.9 Å². The molecule has 3 rings (SSSR count). The molecule has 2 aliphatic heterocycles. The maximum atomic E-state index is 13.1. The normalized spacial score (nSPS) is 22.1. The highest BCUT2D eigenvalue weighted by Gasteiger charge is 2.36. The maximum Gasteiger partial charge on any atom is 0.270 e. The molecule has 0 radical (unpaired) electrons. The van der Waals surface area contributed by atoms with Gasteiger partial charge in [-0.25, -0.2) is 8.78 Å². The van der Waals surface area contributed by atoms with Crippen molar-refractivity contribution in [3.8, 4) is 0 Å². The predicted molar refractivity (Wildman–Crippen MR) is 67.5 cm³/mol. The lowest BCUT2D eigenvalue weighted by Gasteiger charge is -2.32. The van der Waals surface area contributed by atoms with E-state index in [1.165, 1.54) is 5.69 Å². The molecule has 1 fully saturated rings. The number of aromatic nitrogens is 1. The Morgan fingerprint density at radius 3 is 2.58 bits per heavy atom. The highest BCUT2D eigenvalue weighted by atomic mass is 19.3. The molecule has 0 bridgehead atoms. The molecule has 1 aromatic heterocycles. The van der Waals surface area contributed by atoms with Gasteiger partial charge in [-0.05, 0) is 31.4 Å². The molecule has 0 atom stereocenters. The van der Waals surface area contributed by atoms with Crippen molar-refractivity contribution in [2.45, 2.75) is 44.6 Å². The Morgan fingerprint density at radius 1 is 1.11 bits per heavy atom. The number of likely N-dealkylation sites (tertiary alicyclic amines) is 1. The van der Waals surface area contributed by atoms with Gasteiger partial charge in [0.1, 0.15) is 5.69 Å². The van der Waals surface area contributed by atoms with E-state index in [-0.39, 0.29) is 31.8 Å². The lowest BCUT2D eigenvalue weighted by Crippen LogP contribution is -2.43. The summed E-state index contributed by atoms with van der Waals surface area (Å²) in [7, 11) is 0. The third kappa shape index (κ3) is 2.38. The van der Waals surface area contributed by atoms with Gasteiger partial charge in [0.05, 0.1) is 0 Å². The summed E-state index contributed by atoms with van der Waals surface area (Å²) >= 11 is 0. The van der Waals surface area contributed by atoms with Gasteiger partial charge in [0.2, 0.25) is 0 Å². The van der Waals surface area contributed by atoms with E-state index < -0.39 is 5.92 Å². The van der Waals surface area contributed by atoms with Crippen molar-refractivity contribution < 1.29 is 13.6 Å². The molecule has 3 nitrogen and oxygen atoms in total. The summed E-state index contributed by atoms with van der Waals surface area (Å²) in [5, 5.41) is 0. The average Bonchev–Trinajstić information content (AvgIpc) is 2.82. The van der Waals surface area contributed by atoms with Crippen LogP contribution in [0, 0.1) is 0 Å². The summed E-state index contributed by atoms with van der Waals surface area (Å²) < 4.78 is 28.3. The second-order valence-corrected chi connectivity index (χ2v) is 5.47. The number of halogens is 2. The standard InChI is InChI=1S/C14H18F2N2O/c15-14(16)6-9-17(10-7-14)13(19)12-5-4-11-3-1-2-8-18(11)12/h4-5H,1-3,6-10H2. The van der Waals surface area contributed by atoms with Gasteiger partial charge in [0, 0.05) is 38.2 Å². The number of hydrogen-bond donors (Lipinski definition) is 0. The molecule has 1 saturated heterocycles. The van der Waals surface area contributed by atoms with E-state index in [4.69, 9.17) is 0 Å². The maximum absolute atomic E-state index is 13.1. The van der Waals surface area contributed by atoms with E-state index in [1.54, 1.807) is 4.90 Å². The number of fused-ring (bicyclic) bond motifs is 1. The average molecular weight is 268 g/mol. The molecular weight excluding hydrogens is 250 g/mol. The van der Waals surface area contributed by atoms with Crippen LogP contribution >= 0.6 is 0 Å². The second-order valence-electron chi connectivity index (χ2n) is 5.47. The Morgan fingerprint density at radius 2 is 1.84 bits per heavy atom. The van der Waals surface area contributed by atoms with E-state index in [0.29, 0.717) is 5.69 Å². The first kappa shape index (κ1) is 12.6. The smallest absolute Gasteiger partial charge is 0.270 e. The Hall–Kier alpha value is -1.39. The summed E-state index contributed by atoms with van der Waals surface area (Å²) in [5.41, 5.74) is 1.86. The summed E-state index contributed by atoms with van der Waals surface area (Å²) in [5.74, 6) is -2.70. The number of alkyl halides is 2. The van der Waals surface area contributed by atoms with Gasteiger partial charge in [-0.15, -0.1) is 0 Å². The quantitative estimate of drug-likeness (QED) is 0.768. The minimum atomic E-state index is -2.60. The minimum absolute atomic E-state index is 0.0938. The highest BCUT2D eigenvalue weighted by molar-refractivity contribution is 5.93. The van der Waals surface area contributed by atoms with Gasteiger partial charge in [0.15, 0.2) is 0 Å². The first-order chi connectivity index (χ1) is 9.07. The SMILES string of the molecule is O=C(c1ccc2n1CCCC2)N1CCC(F)(F)CC1. The molecule has 0 aromatic carbocycles. The number of aryl methyl sites for hydroxylation is 1. The molecule has 104 valence electrons. The van der Waals surface area contributed by atoms with Crippen LogP contribution in [0.25, 0.3) is 0 Å². The van der Waals surface area contributed by atoms with Crippen LogP contribution in [0.15, 0.2) is 12.1 Å². The largest absolute Gasteiger partial charge is 0.341 e. The van der Waals surface area contributed by atoms with Crippen molar-refractivity contribution in [3.05, 3.63) is 23.5 Å². The minimum Gasteiger partial charge on any atom is -0.341 e. The van der Waals surface area contributed by atoms with Crippen LogP contribution in [0.2, 0.25) is 0 Å². The van der Waals surface area contributed by atoms with E-state index in [9.17, 15) is 13.6 Å². The Labute approximate surface area is 111 Å². The van der Waals surface area contributed by atoms with Crippen LogP contribution in [0.5, 0.6) is 0 Å². The van der Waals surface area contributed by atoms with Crippen molar-refractivity contribution in [2.75, 3.05) is 13.1 Å². The lowest BCUT2D eigenvalue weighted by atomic mass is 10.1. The van der Waals surface area contributed by atoms with Gasteiger partial charge < -0.3 is 9.47 Å². The van der Waals surface area contributed by atoms with Crippen molar-refractivity contribution in [2.24, 2.45) is 0 Å². The molecule has 0 saturated carbocycles. The molecule has 0 unspecified atom stereocenters. The topological polar surface area (TPSA) is 25.2 Å². The zero-order valence-corrected chi connectivity index (χ0v) is 10.9. The second kappa shape index (κ2) is 4.62. The first-order valence-corrected chi connectivity index (χ1v) is 6.92. The molecule has 2 aliphatic rings. The predicted octanol–water partition coefficient (Wildman–Crippen LogP) is 2.70. The molecule has 0 spiro atoms. The van der Waals surface area contributed by atoms with Crippen LogP contribution < -0.4 is 0 Å². The monoisotopic (exact) mass is 268 g/mol. The molecule has 1 amide bonds. The van der Waals surface area contributed by atoms with E-state index in [2.05, 4.69) is 4.57 Å². The molecule has 0 aliphatic carbocycles. The van der Waals surface area contributed by atoms with Crippen molar-refractivity contribution in [3.63, 3.8) is 0 Å². The fourth-order valence-corrected chi connectivity index (χ4v) is 2.95. The summed E-state index contributed by atoms with van der Waals surface area (Å²) in [6.07, 6.45) is 2.82. The summed E-state index contributed by atoms with van der Waals surface area (Å²) in [6, 6.07) is 3.83. The van der Waals surface area contributed by atoms with E-state index in [0.717, 1.165) is 25.8 Å². The molecule has 19 heavy (non-hydrogen) atoms. The van der Waals surface area contributed by atoms with Gasteiger partial charge in [-0.2, -0.15) is 0 Å². The number of carbonyl (C=O) groups excluding carboxylic acids is 1. The highest BCUT2D eigenvalue weighted by Crippen LogP contribution is 2.29. The van der Waals surface area contributed by atoms with Gasteiger partial charge >= 0.3 is 0 Å². The third-order valence-corrected chi connectivity index (χ3v) is 4.14. The number of nitrogens with zero attached hydrogens (tertiary/aromatic N) is 2. The van der Waals surface area contributed by atoms with Gasteiger partial charge in [0.25, 0.3) is 11.8 Å². The van der Waals surface area contributed by atoms with Crippen molar-refractivity contribution in [1.82, 2.24) is 9.47 Å². The lowest BCUT2D eigenvalue weighted by molar-refractivity contribution is -0.0495. The number of piperidine rings is 1. The van der Waals surface area contributed by atoms with Crippen molar-refractivity contribution >= 4 is 5.91 Å². The van der Waals surface area contributed by atoms with Crippen LogP contribution in [-0.2, 0) is 13.0 Å². The molecule has 0 N–H and O–H groups in total. The first-order valence-electron chi connectivity index (χ1n) is 6.92. The Balaban J connectivity index is 1.76. The number of amides is 1. The summed E-state index contributed by atoms with van der Waals surface area (Å²) in [6.45, 7) is 1.19. The van der Waals surface area contributed by atoms with E-state index in [1.807, 2.05) is 12.1 Å². The van der Waals surface area contributed by atoms with Gasteiger partial charge in [-0.1, -0.05) is 0 Å². The number of carbonyl (C=O) groups is 1. The fourth-order valence-electron chi connectivity index (χ4n) is 2.95. The van der Waals surface area contributed by atoms with Crippen LogP contribution in [0.4, 0.5) is 8.78 Å². The number of rotatable bonds is 1. The Kier molecular flexibility index (Phi) is 3.07. The summed E-state index contributed by atoms with van der Waals surface area (Å²) in [4.78, 5) is 14.0. The fraction of sp³-hybridized carbons (Fsp3) is 0.643. The third-order valence-electron chi connectivity index (χ3n) is 4.14. The van der Waals surface area contributed by atoms with Gasteiger partial charge in [-0.3, -0.25) is 4.79 Å². The van der Waals surface area contributed by atoms with Crippen molar-refractivity contribution in [1.29, 1.82) is 0 Å². The van der Waals surface area contributed by atoms with Crippen LogP contribution in [-0.4, -0.2) is 34.4 Å². The molecule has 5 heteroatoms. The zero-order valence-electron chi connectivity index (χ0n) is 10.9. The Bertz CT molecular complexity index is 486. The molecule has 1 aromatic rings. The molecule has 3 heterocycles. The van der Waals surface area contributed by atoms with E-state index >= 15 is 0 Å². The number of hydrogen-bond acceptors (Lipinski definition) is 1. The van der Waals surface area contributed by atoms with Crippen LogP contribution in [0.3, 0.4) is 0 Å². The zero-order chi connectivity index (χ0) is 13.5.